The Bertz CT molecular complexity index is 472. The highest BCUT2D eigenvalue weighted by Crippen LogP contribution is 2.23. The first-order chi connectivity index (χ1) is 6.66. The van der Waals surface area contributed by atoms with Crippen LogP contribution in [-0.2, 0) is 0 Å². The van der Waals surface area contributed by atoms with E-state index < -0.39 is 11.6 Å². The minimum Gasteiger partial charge on any atom is -0.407 e. The molecule has 1 aromatic carbocycles. The molecule has 0 unspecified atom stereocenters. The van der Waals surface area contributed by atoms with E-state index in [0.717, 1.165) is 18.2 Å². The molecule has 0 saturated heterocycles. The van der Waals surface area contributed by atoms with Crippen LogP contribution in [0.2, 0.25) is 5.35 Å². The Balaban J connectivity index is 2.55. The molecular weight excluding hydrogens is 214 g/mol. The Morgan fingerprint density at radius 3 is 2.64 bits per heavy atom. The molecule has 14 heavy (non-hydrogen) atoms. The molecule has 3 nitrogen and oxygen atoms in total. The van der Waals surface area contributed by atoms with E-state index in [1.807, 2.05) is 0 Å². The molecule has 2 aromatic rings. The lowest BCUT2D eigenvalue weighted by Crippen LogP contribution is -1.86. The first-order valence-corrected chi connectivity index (χ1v) is 3.99. The molecule has 0 saturated carbocycles. The summed E-state index contributed by atoms with van der Waals surface area (Å²) in [7, 11) is 0. The predicted octanol–water partition coefficient (Wildman–Crippen LogP) is 2.67. The minimum atomic E-state index is -0.647. The van der Waals surface area contributed by atoms with Crippen molar-refractivity contribution in [2.75, 3.05) is 0 Å². The van der Waals surface area contributed by atoms with Crippen molar-refractivity contribution in [3.8, 4) is 11.5 Å². The first kappa shape index (κ1) is 9.08. The van der Waals surface area contributed by atoms with E-state index in [1.165, 1.54) is 0 Å². The predicted molar refractivity (Wildman–Crippen MR) is 44.7 cm³/mol. The normalized spacial score (nSPS) is 10.5. The summed E-state index contributed by atoms with van der Waals surface area (Å²) in [5, 5.41) is 6.54. The van der Waals surface area contributed by atoms with Gasteiger partial charge in [-0.25, -0.2) is 8.78 Å². The Hall–Kier alpha value is -1.49. The summed E-state index contributed by atoms with van der Waals surface area (Å²) in [6.45, 7) is 0. The van der Waals surface area contributed by atoms with Gasteiger partial charge in [0, 0.05) is 0 Å². The second-order valence-electron chi connectivity index (χ2n) is 2.48. The van der Waals surface area contributed by atoms with Crippen molar-refractivity contribution in [1.82, 2.24) is 10.2 Å². The number of aromatic nitrogens is 2. The fourth-order valence-corrected chi connectivity index (χ4v) is 1.09. The van der Waals surface area contributed by atoms with Crippen LogP contribution >= 0.6 is 11.6 Å². The van der Waals surface area contributed by atoms with Crippen LogP contribution in [0.1, 0.15) is 0 Å². The van der Waals surface area contributed by atoms with Gasteiger partial charge in [0.05, 0.1) is 5.56 Å². The number of halogens is 3. The van der Waals surface area contributed by atoms with E-state index in [0.29, 0.717) is 0 Å². The third-order valence-electron chi connectivity index (χ3n) is 1.56. The van der Waals surface area contributed by atoms with Crippen LogP contribution in [0.25, 0.3) is 11.5 Å². The van der Waals surface area contributed by atoms with Crippen LogP contribution in [0.5, 0.6) is 0 Å². The molecule has 0 aliphatic carbocycles. The summed E-state index contributed by atoms with van der Waals surface area (Å²) in [4.78, 5) is 0. The van der Waals surface area contributed by atoms with Gasteiger partial charge >= 0.3 is 5.35 Å². The van der Waals surface area contributed by atoms with Crippen molar-refractivity contribution in [3.05, 3.63) is 35.2 Å². The minimum absolute atomic E-state index is 0.107. The van der Waals surface area contributed by atoms with E-state index in [9.17, 15) is 8.78 Å². The van der Waals surface area contributed by atoms with E-state index in [1.54, 1.807) is 0 Å². The largest absolute Gasteiger partial charge is 0.407 e. The maximum atomic E-state index is 13.1. The number of nitrogens with zero attached hydrogens (tertiary/aromatic N) is 2. The molecule has 0 radical (unpaired) electrons. The first-order valence-electron chi connectivity index (χ1n) is 3.61. The van der Waals surface area contributed by atoms with Gasteiger partial charge in [-0.1, -0.05) is 5.10 Å². The van der Waals surface area contributed by atoms with Gasteiger partial charge in [0.1, 0.15) is 11.6 Å². The molecule has 2 rings (SSSR count). The fraction of sp³-hybridized carbons (Fsp3) is 0. The Morgan fingerprint density at radius 2 is 2.00 bits per heavy atom. The van der Waals surface area contributed by atoms with Crippen molar-refractivity contribution < 1.29 is 13.2 Å². The van der Waals surface area contributed by atoms with Crippen LogP contribution in [0.15, 0.2) is 22.6 Å². The monoisotopic (exact) mass is 216 g/mol. The maximum absolute atomic E-state index is 13.1. The van der Waals surface area contributed by atoms with Gasteiger partial charge in [0.2, 0.25) is 0 Å². The van der Waals surface area contributed by atoms with Gasteiger partial charge in [-0.2, -0.15) is 0 Å². The highest BCUT2D eigenvalue weighted by molar-refractivity contribution is 6.27. The molecule has 0 spiro atoms. The molecule has 0 fully saturated rings. The SMILES string of the molecule is Fc1ccc(F)c(-c2nnc(Cl)o2)c1. The summed E-state index contributed by atoms with van der Waals surface area (Å²) in [5.41, 5.74) is -0.107. The smallest absolute Gasteiger partial charge is 0.313 e. The summed E-state index contributed by atoms with van der Waals surface area (Å²) >= 11 is 5.35. The summed E-state index contributed by atoms with van der Waals surface area (Å²) in [6.07, 6.45) is 0. The van der Waals surface area contributed by atoms with Crippen molar-refractivity contribution in [3.63, 3.8) is 0 Å². The topological polar surface area (TPSA) is 38.9 Å². The lowest BCUT2D eigenvalue weighted by atomic mass is 10.2. The molecule has 0 N–H and O–H groups in total. The molecule has 1 aromatic heterocycles. The molecule has 0 atom stereocenters. The van der Waals surface area contributed by atoms with Crippen LogP contribution in [-0.4, -0.2) is 10.2 Å². The molecule has 1 heterocycles. The number of rotatable bonds is 1. The van der Waals surface area contributed by atoms with Crippen LogP contribution in [0.3, 0.4) is 0 Å². The van der Waals surface area contributed by atoms with Crippen molar-refractivity contribution in [2.45, 2.75) is 0 Å². The van der Waals surface area contributed by atoms with Crippen molar-refractivity contribution in [1.29, 1.82) is 0 Å². The zero-order valence-electron chi connectivity index (χ0n) is 6.67. The summed E-state index contributed by atoms with van der Waals surface area (Å²) in [5.74, 6) is -1.38. The second kappa shape index (κ2) is 3.34. The summed E-state index contributed by atoms with van der Waals surface area (Å²) < 4.78 is 30.6. The third-order valence-corrected chi connectivity index (χ3v) is 1.71. The molecule has 0 bridgehead atoms. The fourth-order valence-electron chi connectivity index (χ4n) is 0.976. The van der Waals surface area contributed by atoms with E-state index >= 15 is 0 Å². The van der Waals surface area contributed by atoms with Gasteiger partial charge in [0.15, 0.2) is 0 Å². The molecule has 0 aliphatic rings. The molecule has 6 heteroatoms. The van der Waals surface area contributed by atoms with Gasteiger partial charge in [-0.05, 0) is 29.8 Å². The van der Waals surface area contributed by atoms with Crippen molar-refractivity contribution in [2.24, 2.45) is 0 Å². The van der Waals surface area contributed by atoms with Crippen LogP contribution in [0, 0.1) is 11.6 Å². The summed E-state index contributed by atoms with van der Waals surface area (Å²) in [6, 6.07) is 2.93. The third kappa shape index (κ3) is 1.58. The van der Waals surface area contributed by atoms with Gasteiger partial charge in [-0.3, -0.25) is 0 Å². The van der Waals surface area contributed by atoms with Gasteiger partial charge in [0.25, 0.3) is 5.89 Å². The Morgan fingerprint density at radius 1 is 1.21 bits per heavy atom. The lowest BCUT2D eigenvalue weighted by Gasteiger charge is -1.96. The maximum Gasteiger partial charge on any atom is 0.313 e. The average molecular weight is 217 g/mol. The van der Waals surface area contributed by atoms with E-state index in [2.05, 4.69) is 10.2 Å². The lowest BCUT2D eigenvalue weighted by molar-refractivity contribution is 0.554. The zero-order valence-corrected chi connectivity index (χ0v) is 7.42. The average Bonchev–Trinajstić information content (AvgIpc) is 2.56. The van der Waals surface area contributed by atoms with Crippen LogP contribution < -0.4 is 0 Å². The van der Waals surface area contributed by atoms with E-state index in [-0.39, 0.29) is 16.8 Å². The number of hydrogen-bond donors (Lipinski definition) is 0. The number of hydrogen-bond acceptors (Lipinski definition) is 3. The molecule has 0 aliphatic heterocycles. The second-order valence-corrected chi connectivity index (χ2v) is 2.81. The quantitative estimate of drug-likeness (QED) is 0.736. The van der Waals surface area contributed by atoms with Crippen LogP contribution in [0.4, 0.5) is 8.78 Å². The highest BCUT2D eigenvalue weighted by Gasteiger charge is 2.12. The Labute approximate surface area is 82.3 Å². The number of benzene rings is 1. The zero-order chi connectivity index (χ0) is 10.1. The molecule has 0 amide bonds. The van der Waals surface area contributed by atoms with Gasteiger partial charge < -0.3 is 4.42 Å². The standard InChI is InChI=1S/C8H3ClF2N2O/c9-8-13-12-7(14-8)5-3-4(10)1-2-6(5)11/h1-3H. The molecular formula is C8H3ClF2N2O. The van der Waals surface area contributed by atoms with Gasteiger partial charge in [-0.15, -0.1) is 5.10 Å². The Kier molecular flexibility index (Phi) is 2.17. The highest BCUT2D eigenvalue weighted by atomic mass is 35.5. The molecule has 72 valence electrons. The van der Waals surface area contributed by atoms with E-state index in [4.69, 9.17) is 16.0 Å². The van der Waals surface area contributed by atoms with Crippen molar-refractivity contribution >= 4 is 11.6 Å².